The molecule has 0 saturated heterocycles. The molecule has 0 aromatic carbocycles. The molecule has 0 aliphatic rings. The van der Waals surface area contributed by atoms with Crippen molar-refractivity contribution >= 4 is 19.4 Å². The van der Waals surface area contributed by atoms with Crippen LogP contribution in [0.15, 0.2) is 18.4 Å². The highest BCUT2D eigenvalue weighted by Gasteiger charge is 2.36. The third-order valence-electron chi connectivity index (χ3n) is 1.63. The first-order valence-corrected chi connectivity index (χ1v) is 8.39. The molecule has 0 aromatic heterocycles. The van der Waals surface area contributed by atoms with Gasteiger partial charge in [-0.15, -0.1) is 23.9 Å². The zero-order valence-electron chi connectivity index (χ0n) is 11.4. The van der Waals surface area contributed by atoms with Gasteiger partial charge in [0.05, 0.1) is 18.0 Å². The van der Waals surface area contributed by atoms with E-state index in [1.165, 1.54) is 11.8 Å². The summed E-state index contributed by atoms with van der Waals surface area (Å²) in [6.45, 7) is 10.8. The van der Waals surface area contributed by atoms with E-state index in [4.69, 9.17) is 15.5 Å². The Labute approximate surface area is 115 Å². The smallest absolute Gasteiger partial charge is 0.305 e. The van der Waals surface area contributed by atoms with E-state index < -0.39 is 12.6 Å². The molecule has 0 saturated carbocycles. The first kappa shape index (κ1) is 17.6. The van der Waals surface area contributed by atoms with Crippen molar-refractivity contribution in [2.75, 3.05) is 5.75 Å². The molecule has 1 unspecified atom stereocenters. The molecule has 0 spiro atoms. The van der Waals surface area contributed by atoms with E-state index in [1.807, 2.05) is 27.7 Å². The number of terminal acetylenes is 1. The first-order chi connectivity index (χ1) is 8.35. The normalized spacial score (nSPS) is 13.2. The van der Waals surface area contributed by atoms with E-state index in [1.54, 1.807) is 6.08 Å². The lowest BCUT2D eigenvalue weighted by Crippen LogP contribution is -2.15. The molecular weight excluding hydrogens is 267 g/mol. The maximum atomic E-state index is 12.8. The number of hydrogen-bond donors (Lipinski definition) is 0. The van der Waals surface area contributed by atoms with Crippen molar-refractivity contribution in [1.82, 2.24) is 0 Å². The largest absolute Gasteiger partial charge is 0.348 e. The van der Waals surface area contributed by atoms with Crippen LogP contribution < -0.4 is 0 Å². The second-order valence-electron chi connectivity index (χ2n) is 4.12. The van der Waals surface area contributed by atoms with Crippen molar-refractivity contribution in [3.8, 4) is 12.3 Å². The highest BCUT2D eigenvalue weighted by molar-refractivity contribution is 8.05. The predicted molar refractivity (Wildman–Crippen MR) is 78.8 cm³/mol. The topological polar surface area (TPSA) is 35.5 Å². The third-order valence-corrected chi connectivity index (χ3v) is 5.86. The van der Waals surface area contributed by atoms with Gasteiger partial charge in [-0.1, -0.05) is 12.5 Å². The summed E-state index contributed by atoms with van der Waals surface area (Å²) in [7, 11) is -3.28. The molecule has 0 rings (SSSR count). The predicted octanol–water partition coefficient (Wildman–Crippen LogP) is 4.06. The van der Waals surface area contributed by atoms with Crippen molar-refractivity contribution in [1.29, 1.82) is 0 Å². The highest BCUT2D eigenvalue weighted by atomic mass is 32.2. The number of rotatable bonds is 8. The molecule has 0 amide bonds. The average Bonchev–Trinajstić information content (AvgIpc) is 2.21. The fourth-order valence-electron chi connectivity index (χ4n) is 1.20. The summed E-state index contributed by atoms with van der Waals surface area (Å²) >= 11 is 1.33. The summed E-state index contributed by atoms with van der Waals surface area (Å²) in [4.78, 5) is -0.476. The fraction of sp³-hybridized carbons (Fsp3) is 0.615. The van der Waals surface area contributed by atoms with Crippen molar-refractivity contribution < 1.29 is 13.6 Å². The van der Waals surface area contributed by atoms with Crippen LogP contribution in [-0.4, -0.2) is 23.0 Å². The third kappa shape index (κ3) is 6.50. The number of hydrogen-bond acceptors (Lipinski definition) is 4. The van der Waals surface area contributed by atoms with Gasteiger partial charge in [0.1, 0.15) is 4.99 Å². The van der Waals surface area contributed by atoms with E-state index in [-0.39, 0.29) is 12.2 Å². The molecule has 18 heavy (non-hydrogen) atoms. The van der Waals surface area contributed by atoms with Gasteiger partial charge in [0.15, 0.2) is 0 Å². The lowest BCUT2D eigenvalue weighted by atomic mass is 10.5. The van der Waals surface area contributed by atoms with Crippen molar-refractivity contribution in [3.05, 3.63) is 18.4 Å². The van der Waals surface area contributed by atoms with Crippen LogP contribution in [0.3, 0.4) is 0 Å². The minimum absolute atomic E-state index is 0.193. The van der Waals surface area contributed by atoms with Gasteiger partial charge in [-0.05, 0) is 33.8 Å². The Kier molecular flexibility index (Phi) is 8.44. The Balaban J connectivity index is 5.14. The SMILES string of the molecule is C#CCSC(C=C=C)P(=O)(OC(C)C)OC(C)C. The van der Waals surface area contributed by atoms with Gasteiger partial charge in [-0.2, -0.15) is 0 Å². The highest BCUT2D eigenvalue weighted by Crippen LogP contribution is 2.59. The maximum absolute atomic E-state index is 12.8. The molecule has 0 aromatic rings. The summed E-state index contributed by atoms with van der Waals surface area (Å²) < 4.78 is 23.8. The molecule has 102 valence electrons. The Morgan fingerprint density at radius 2 is 1.83 bits per heavy atom. The maximum Gasteiger partial charge on any atom is 0.348 e. The molecule has 0 aliphatic carbocycles. The number of thioether (sulfide) groups is 1. The van der Waals surface area contributed by atoms with E-state index >= 15 is 0 Å². The summed E-state index contributed by atoms with van der Waals surface area (Å²) in [5, 5.41) is 0. The van der Waals surface area contributed by atoms with Gasteiger partial charge in [-0.25, -0.2) is 0 Å². The van der Waals surface area contributed by atoms with Gasteiger partial charge < -0.3 is 9.05 Å². The zero-order chi connectivity index (χ0) is 14.2. The quantitative estimate of drug-likeness (QED) is 0.383. The summed E-state index contributed by atoms with van der Waals surface area (Å²) in [5.74, 6) is 2.92. The van der Waals surface area contributed by atoms with Crippen molar-refractivity contribution in [3.63, 3.8) is 0 Å². The van der Waals surface area contributed by atoms with Crippen LogP contribution in [0.25, 0.3) is 0 Å². The van der Waals surface area contributed by atoms with E-state index in [2.05, 4.69) is 18.2 Å². The van der Waals surface area contributed by atoms with Crippen LogP contribution in [-0.2, 0) is 13.6 Å². The minimum Gasteiger partial charge on any atom is -0.305 e. The molecule has 0 N–H and O–H groups in total. The van der Waals surface area contributed by atoms with Gasteiger partial charge in [0.2, 0.25) is 0 Å². The minimum atomic E-state index is -3.28. The molecule has 0 radical (unpaired) electrons. The molecule has 0 heterocycles. The second kappa shape index (κ2) is 8.64. The van der Waals surface area contributed by atoms with Crippen LogP contribution in [0.2, 0.25) is 0 Å². The monoisotopic (exact) mass is 288 g/mol. The van der Waals surface area contributed by atoms with Crippen molar-refractivity contribution in [2.45, 2.75) is 44.9 Å². The average molecular weight is 288 g/mol. The lowest BCUT2D eigenvalue weighted by Gasteiger charge is -2.27. The molecular formula is C13H21O3PS. The summed E-state index contributed by atoms with van der Waals surface area (Å²) in [6, 6.07) is 0. The van der Waals surface area contributed by atoms with Gasteiger partial charge in [-0.3, -0.25) is 4.57 Å². The molecule has 3 nitrogen and oxygen atoms in total. The Morgan fingerprint density at radius 3 is 2.17 bits per heavy atom. The van der Waals surface area contributed by atoms with Crippen LogP contribution >= 0.6 is 19.4 Å². The Bertz CT molecular complexity index is 364. The standard InChI is InChI=1S/C13H21O3PS/c1-7-9-13(18-10-8-2)17(14,15-11(3)4)16-12(5)6/h2,9,11-13H,1,10H2,3-6H3. The van der Waals surface area contributed by atoms with Gasteiger partial charge in [0, 0.05) is 0 Å². The van der Waals surface area contributed by atoms with E-state index in [9.17, 15) is 4.57 Å². The Morgan fingerprint density at radius 1 is 1.33 bits per heavy atom. The Hall–Kier alpha value is -0.420. The fourth-order valence-corrected chi connectivity index (χ4v) is 4.66. The summed E-state index contributed by atoms with van der Waals surface area (Å²) in [6.07, 6.45) is 6.43. The molecule has 5 heteroatoms. The molecule has 1 atom stereocenters. The van der Waals surface area contributed by atoms with E-state index in [0.717, 1.165) is 0 Å². The summed E-state index contributed by atoms with van der Waals surface area (Å²) in [5.41, 5.74) is 2.63. The molecule has 0 bridgehead atoms. The van der Waals surface area contributed by atoms with Crippen molar-refractivity contribution in [2.24, 2.45) is 0 Å². The van der Waals surface area contributed by atoms with Gasteiger partial charge >= 0.3 is 7.60 Å². The second-order valence-corrected chi connectivity index (χ2v) is 7.66. The molecule has 0 fully saturated rings. The van der Waals surface area contributed by atoms with Crippen LogP contribution in [0, 0.1) is 12.3 Å². The van der Waals surface area contributed by atoms with E-state index in [0.29, 0.717) is 5.75 Å². The van der Waals surface area contributed by atoms with Crippen LogP contribution in [0.4, 0.5) is 0 Å². The lowest BCUT2D eigenvalue weighted by molar-refractivity contribution is 0.143. The molecule has 0 aliphatic heterocycles. The van der Waals surface area contributed by atoms with Crippen LogP contribution in [0.1, 0.15) is 27.7 Å². The van der Waals surface area contributed by atoms with Crippen LogP contribution in [0.5, 0.6) is 0 Å². The first-order valence-electron chi connectivity index (χ1n) is 5.73. The zero-order valence-corrected chi connectivity index (χ0v) is 13.1. The van der Waals surface area contributed by atoms with Gasteiger partial charge in [0.25, 0.3) is 0 Å².